The van der Waals surface area contributed by atoms with Crippen molar-refractivity contribution in [2.24, 2.45) is 11.1 Å². The Morgan fingerprint density at radius 1 is 1.70 bits per heavy atom. The van der Waals surface area contributed by atoms with Gasteiger partial charge in [-0.3, -0.25) is 4.79 Å². The van der Waals surface area contributed by atoms with Crippen LogP contribution in [0.15, 0.2) is 0 Å². The van der Waals surface area contributed by atoms with Crippen LogP contribution in [0.3, 0.4) is 0 Å². The molecule has 0 fully saturated rings. The van der Waals surface area contributed by atoms with Gasteiger partial charge in [0.2, 0.25) is 0 Å². The second kappa shape index (κ2) is 3.01. The van der Waals surface area contributed by atoms with E-state index >= 15 is 0 Å². The van der Waals surface area contributed by atoms with E-state index in [4.69, 9.17) is 10.8 Å². The summed E-state index contributed by atoms with van der Waals surface area (Å²) in [6.07, 6.45) is 0.694. The van der Waals surface area contributed by atoms with Crippen molar-refractivity contribution in [3.8, 4) is 0 Å². The average molecular weight is 145 g/mol. The molecule has 1 atom stereocenters. The topological polar surface area (TPSA) is 63.3 Å². The van der Waals surface area contributed by atoms with Gasteiger partial charge in [-0.25, -0.2) is 0 Å². The third-order valence-electron chi connectivity index (χ3n) is 1.92. The molecule has 0 unspecified atom stereocenters. The summed E-state index contributed by atoms with van der Waals surface area (Å²) in [7, 11) is 0. The maximum atomic E-state index is 10.5. The van der Waals surface area contributed by atoms with Crippen LogP contribution in [0.1, 0.15) is 27.2 Å². The molecule has 0 heterocycles. The van der Waals surface area contributed by atoms with Gasteiger partial charge in [0.15, 0.2) is 0 Å². The van der Waals surface area contributed by atoms with E-state index in [1.165, 1.54) is 0 Å². The Bertz CT molecular complexity index is 132. The first-order chi connectivity index (χ1) is 4.42. The van der Waals surface area contributed by atoms with Crippen molar-refractivity contribution in [2.45, 2.75) is 33.2 Å². The highest BCUT2D eigenvalue weighted by Gasteiger charge is 2.32. The molecule has 10 heavy (non-hydrogen) atoms. The van der Waals surface area contributed by atoms with Gasteiger partial charge in [0.1, 0.15) is 0 Å². The lowest BCUT2D eigenvalue weighted by atomic mass is 9.84. The van der Waals surface area contributed by atoms with Crippen LogP contribution in [0.2, 0.25) is 0 Å². The normalized spacial score (nSPS) is 14.8. The maximum absolute atomic E-state index is 10.5. The number of rotatable bonds is 3. The molecule has 3 N–H and O–H groups in total. The second-order valence-electron chi connectivity index (χ2n) is 3.04. The molecule has 0 aliphatic rings. The molecule has 0 aromatic carbocycles. The Balaban J connectivity index is 4.23. The van der Waals surface area contributed by atoms with Crippen LogP contribution >= 0.6 is 0 Å². The van der Waals surface area contributed by atoms with Crippen LogP contribution in [0, 0.1) is 5.41 Å². The molecule has 0 spiro atoms. The molecule has 0 aliphatic carbocycles. The van der Waals surface area contributed by atoms with Crippen molar-refractivity contribution in [3.63, 3.8) is 0 Å². The number of carboxylic acid groups (broad SMARTS) is 1. The van der Waals surface area contributed by atoms with Crippen LogP contribution in [0.4, 0.5) is 0 Å². The zero-order valence-corrected chi connectivity index (χ0v) is 6.72. The Hall–Kier alpha value is -0.570. The van der Waals surface area contributed by atoms with E-state index in [2.05, 4.69) is 0 Å². The van der Waals surface area contributed by atoms with Crippen LogP contribution in [0.5, 0.6) is 0 Å². The molecule has 0 aliphatic heterocycles. The van der Waals surface area contributed by atoms with Crippen molar-refractivity contribution in [1.29, 1.82) is 0 Å². The van der Waals surface area contributed by atoms with E-state index in [0.29, 0.717) is 6.42 Å². The predicted molar refractivity (Wildman–Crippen MR) is 39.7 cm³/mol. The number of nitrogens with two attached hydrogens (primary N) is 1. The van der Waals surface area contributed by atoms with Crippen molar-refractivity contribution in [2.75, 3.05) is 0 Å². The summed E-state index contributed by atoms with van der Waals surface area (Å²) < 4.78 is 0. The molecular weight excluding hydrogens is 130 g/mol. The molecule has 0 aromatic rings. The summed E-state index contributed by atoms with van der Waals surface area (Å²) in [5, 5.41) is 8.66. The zero-order chi connectivity index (χ0) is 8.36. The van der Waals surface area contributed by atoms with E-state index in [0.717, 1.165) is 0 Å². The van der Waals surface area contributed by atoms with Gasteiger partial charge in [-0.15, -0.1) is 0 Å². The van der Waals surface area contributed by atoms with Crippen LogP contribution in [0.25, 0.3) is 0 Å². The minimum atomic E-state index is -0.832. The van der Waals surface area contributed by atoms with E-state index in [9.17, 15) is 4.79 Å². The lowest BCUT2D eigenvalue weighted by Crippen LogP contribution is -2.42. The Labute approximate surface area is 61.2 Å². The van der Waals surface area contributed by atoms with Gasteiger partial charge in [0.25, 0.3) is 0 Å². The summed E-state index contributed by atoms with van der Waals surface area (Å²) in [4.78, 5) is 10.5. The van der Waals surface area contributed by atoms with Crippen molar-refractivity contribution >= 4 is 5.97 Å². The third-order valence-corrected chi connectivity index (χ3v) is 1.92. The molecule has 3 nitrogen and oxygen atoms in total. The standard InChI is InChI=1S/C7H15NO2/c1-4-5(8)7(2,3)6(9)10/h5H,4,8H2,1-3H3,(H,9,10)/t5-/m1/s1. The lowest BCUT2D eigenvalue weighted by Gasteiger charge is -2.25. The Kier molecular flexibility index (Phi) is 2.84. The SMILES string of the molecule is CC[C@@H](N)C(C)(C)C(=O)O. The maximum Gasteiger partial charge on any atom is 0.310 e. The number of aliphatic carboxylic acids is 1. The van der Waals surface area contributed by atoms with Crippen molar-refractivity contribution < 1.29 is 9.90 Å². The fourth-order valence-corrected chi connectivity index (χ4v) is 0.669. The number of carbonyl (C=O) groups is 1. The molecule has 60 valence electrons. The summed E-state index contributed by atoms with van der Waals surface area (Å²) in [5.41, 5.74) is 4.77. The zero-order valence-electron chi connectivity index (χ0n) is 6.72. The fourth-order valence-electron chi connectivity index (χ4n) is 0.669. The van der Waals surface area contributed by atoms with Crippen LogP contribution < -0.4 is 5.73 Å². The van der Waals surface area contributed by atoms with Gasteiger partial charge in [-0.1, -0.05) is 6.92 Å². The summed E-state index contributed by atoms with van der Waals surface area (Å²) >= 11 is 0. The first kappa shape index (κ1) is 9.43. The van der Waals surface area contributed by atoms with Gasteiger partial charge in [0.05, 0.1) is 5.41 Å². The van der Waals surface area contributed by atoms with E-state index in [1.54, 1.807) is 13.8 Å². The third kappa shape index (κ3) is 1.70. The van der Waals surface area contributed by atoms with Gasteiger partial charge in [0, 0.05) is 6.04 Å². The predicted octanol–water partition coefficient (Wildman–Crippen LogP) is 0.834. The lowest BCUT2D eigenvalue weighted by molar-refractivity contribution is -0.148. The van der Waals surface area contributed by atoms with Crippen LogP contribution in [-0.2, 0) is 4.79 Å². The smallest absolute Gasteiger partial charge is 0.310 e. The average Bonchev–Trinajstić information content (AvgIpc) is 1.86. The second-order valence-corrected chi connectivity index (χ2v) is 3.04. The molecular formula is C7H15NO2. The Morgan fingerprint density at radius 3 is 2.20 bits per heavy atom. The highest BCUT2D eigenvalue weighted by Crippen LogP contribution is 2.20. The van der Waals surface area contributed by atoms with Crippen molar-refractivity contribution in [1.82, 2.24) is 0 Å². The molecule has 0 aromatic heterocycles. The minimum absolute atomic E-state index is 0.259. The van der Waals surface area contributed by atoms with E-state index < -0.39 is 11.4 Å². The molecule has 0 bridgehead atoms. The van der Waals surface area contributed by atoms with Crippen LogP contribution in [-0.4, -0.2) is 17.1 Å². The van der Waals surface area contributed by atoms with E-state index in [1.807, 2.05) is 6.92 Å². The van der Waals surface area contributed by atoms with Gasteiger partial charge in [-0.05, 0) is 20.3 Å². The van der Waals surface area contributed by atoms with Gasteiger partial charge < -0.3 is 10.8 Å². The highest BCUT2D eigenvalue weighted by atomic mass is 16.4. The molecule has 0 saturated heterocycles. The molecule has 0 amide bonds. The van der Waals surface area contributed by atoms with Gasteiger partial charge in [-0.2, -0.15) is 0 Å². The number of hydrogen-bond donors (Lipinski definition) is 2. The summed E-state index contributed by atoms with van der Waals surface area (Å²) in [6.45, 7) is 5.17. The van der Waals surface area contributed by atoms with Gasteiger partial charge >= 0.3 is 5.97 Å². The molecule has 0 saturated carbocycles. The minimum Gasteiger partial charge on any atom is -0.481 e. The monoisotopic (exact) mass is 145 g/mol. The number of hydrogen-bond acceptors (Lipinski definition) is 2. The number of carboxylic acids is 1. The largest absolute Gasteiger partial charge is 0.481 e. The van der Waals surface area contributed by atoms with Crippen molar-refractivity contribution in [3.05, 3.63) is 0 Å². The van der Waals surface area contributed by atoms with E-state index in [-0.39, 0.29) is 6.04 Å². The molecule has 3 heteroatoms. The highest BCUT2D eigenvalue weighted by molar-refractivity contribution is 5.74. The summed E-state index contributed by atoms with van der Waals surface area (Å²) in [5.74, 6) is -0.832. The summed E-state index contributed by atoms with van der Waals surface area (Å²) in [6, 6.07) is -0.259. The first-order valence-corrected chi connectivity index (χ1v) is 3.42. The molecule has 0 radical (unpaired) electrons. The molecule has 0 rings (SSSR count). The first-order valence-electron chi connectivity index (χ1n) is 3.42. The fraction of sp³-hybridized carbons (Fsp3) is 0.857. The quantitative estimate of drug-likeness (QED) is 0.618. The Morgan fingerprint density at radius 2 is 2.10 bits per heavy atom.